The molecule has 19 heavy (non-hydrogen) atoms. The topological polar surface area (TPSA) is 47.4 Å². The molecule has 0 aliphatic rings. The Morgan fingerprint density at radius 3 is 2.68 bits per heavy atom. The van der Waals surface area contributed by atoms with Crippen LogP contribution in [-0.4, -0.2) is 47.9 Å². The molecule has 1 rings (SSSR count). The van der Waals surface area contributed by atoms with Gasteiger partial charge in [-0.05, 0) is 26.3 Å². The number of aryl methyl sites for hydroxylation is 2. The van der Waals surface area contributed by atoms with Gasteiger partial charge < -0.3 is 9.64 Å². The predicted octanol–water partition coefficient (Wildman–Crippen LogP) is 1.55. The van der Waals surface area contributed by atoms with Gasteiger partial charge in [-0.1, -0.05) is 0 Å². The van der Waals surface area contributed by atoms with E-state index in [9.17, 15) is 4.79 Å². The quantitative estimate of drug-likeness (QED) is 0.579. The average Bonchev–Trinajstić information content (AvgIpc) is 2.61. The molecule has 1 heterocycles. The van der Waals surface area contributed by atoms with E-state index < -0.39 is 0 Å². The number of amides is 1. The minimum atomic E-state index is -0.00115. The van der Waals surface area contributed by atoms with Gasteiger partial charge in [-0.2, -0.15) is 5.10 Å². The zero-order valence-corrected chi connectivity index (χ0v) is 12.4. The highest BCUT2D eigenvalue weighted by Gasteiger charge is 2.08. The Hall–Kier alpha value is -1.62. The van der Waals surface area contributed by atoms with Crippen LogP contribution in [0.2, 0.25) is 0 Å². The highest BCUT2D eigenvalue weighted by Crippen LogP contribution is 2.13. The van der Waals surface area contributed by atoms with Crippen molar-refractivity contribution in [1.29, 1.82) is 0 Å². The first-order chi connectivity index (χ1) is 8.97. The fourth-order valence-corrected chi connectivity index (χ4v) is 1.87. The van der Waals surface area contributed by atoms with Crippen LogP contribution in [0.3, 0.4) is 0 Å². The summed E-state index contributed by atoms with van der Waals surface area (Å²) in [6.07, 6.45) is 4.29. The molecule has 0 unspecified atom stereocenters. The first kappa shape index (κ1) is 15.4. The van der Waals surface area contributed by atoms with Crippen LogP contribution in [0, 0.1) is 13.8 Å². The lowest BCUT2D eigenvalue weighted by Crippen LogP contribution is -2.26. The van der Waals surface area contributed by atoms with Crippen LogP contribution in [0.15, 0.2) is 6.08 Å². The van der Waals surface area contributed by atoms with Gasteiger partial charge in [0.15, 0.2) is 0 Å². The Bertz CT molecular complexity index is 464. The second kappa shape index (κ2) is 7.09. The largest absolute Gasteiger partial charge is 0.385 e. The number of ether oxygens (including phenoxy) is 1. The molecule has 0 fully saturated rings. The number of hydrogen-bond acceptors (Lipinski definition) is 3. The second-order valence-electron chi connectivity index (χ2n) is 4.65. The molecule has 0 aliphatic heterocycles. The molecule has 0 atom stereocenters. The van der Waals surface area contributed by atoms with Gasteiger partial charge in [0.2, 0.25) is 5.91 Å². The lowest BCUT2D eigenvalue weighted by molar-refractivity contribution is -0.124. The van der Waals surface area contributed by atoms with Gasteiger partial charge in [0.1, 0.15) is 0 Å². The summed E-state index contributed by atoms with van der Waals surface area (Å²) in [5.41, 5.74) is 3.01. The Labute approximate surface area is 114 Å². The molecule has 0 aromatic carbocycles. The van der Waals surface area contributed by atoms with Crippen molar-refractivity contribution in [2.24, 2.45) is 7.05 Å². The first-order valence-corrected chi connectivity index (χ1v) is 6.39. The van der Waals surface area contributed by atoms with Gasteiger partial charge in [-0.15, -0.1) is 0 Å². The van der Waals surface area contributed by atoms with E-state index in [1.54, 1.807) is 25.1 Å². The maximum atomic E-state index is 11.9. The summed E-state index contributed by atoms with van der Waals surface area (Å²) in [7, 11) is 5.36. The Balaban J connectivity index is 2.63. The zero-order valence-electron chi connectivity index (χ0n) is 12.4. The third-order valence-electron chi connectivity index (χ3n) is 3.18. The average molecular weight is 265 g/mol. The first-order valence-electron chi connectivity index (χ1n) is 6.39. The SMILES string of the molecule is COCCCN(C)C(=O)/C=C/c1c(C)nn(C)c1C. The van der Waals surface area contributed by atoms with Crippen molar-refractivity contribution in [2.75, 3.05) is 27.3 Å². The number of carbonyl (C=O) groups excluding carboxylic acids is 1. The van der Waals surface area contributed by atoms with Crippen LogP contribution in [-0.2, 0) is 16.6 Å². The fourth-order valence-electron chi connectivity index (χ4n) is 1.87. The number of methoxy groups -OCH3 is 1. The maximum absolute atomic E-state index is 11.9. The number of hydrogen-bond donors (Lipinski definition) is 0. The van der Waals surface area contributed by atoms with Crippen LogP contribution >= 0.6 is 0 Å². The van der Waals surface area contributed by atoms with Crippen molar-refractivity contribution in [3.63, 3.8) is 0 Å². The molecule has 5 nitrogen and oxygen atoms in total. The van der Waals surface area contributed by atoms with E-state index in [2.05, 4.69) is 5.10 Å². The minimum Gasteiger partial charge on any atom is -0.385 e. The normalized spacial score (nSPS) is 11.2. The summed E-state index contributed by atoms with van der Waals surface area (Å²) in [5, 5.41) is 4.32. The van der Waals surface area contributed by atoms with E-state index in [4.69, 9.17) is 4.74 Å². The summed E-state index contributed by atoms with van der Waals surface area (Å²) >= 11 is 0. The number of nitrogens with zero attached hydrogens (tertiary/aromatic N) is 3. The highest BCUT2D eigenvalue weighted by atomic mass is 16.5. The molecular formula is C14H23N3O2. The molecule has 5 heteroatoms. The molecular weight excluding hydrogens is 242 g/mol. The van der Waals surface area contributed by atoms with Gasteiger partial charge in [0.25, 0.3) is 0 Å². The Kier molecular flexibility index (Phi) is 5.76. The monoisotopic (exact) mass is 265 g/mol. The zero-order chi connectivity index (χ0) is 14.4. The van der Waals surface area contributed by atoms with Crippen LogP contribution in [0.25, 0.3) is 6.08 Å². The standard InChI is InChI=1S/C14H23N3O2/c1-11-13(12(2)17(4)15-11)7-8-14(18)16(3)9-6-10-19-5/h7-8H,6,9-10H2,1-5H3/b8-7+. The summed E-state index contributed by atoms with van der Waals surface area (Å²) in [6, 6.07) is 0. The molecule has 0 N–H and O–H groups in total. The molecule has 0 spiro atoms. The van der Waals surface area contributed by atoms with Crippen molar-refractivity contribution in [2.45, 2.75) is 20.3 Å². The lowest BCUT2D eigenvalue weighted by atomic mass is 10.2. The highest BCUT2D eigenvalue weighted by molar-refractivity contribution is 5.91. The summed E-state index contributed by atoms with van der Waals surface area (Å²) in [4.78, 5) is 13.6. The van der Waals surface area contributed by atoms with Crippen molar-refractivity contribution >= 4 is 12.0 Å². The molecule has 0 saturated heterocycles. The molecule has 1 aromatic rings. The van der Waals surface area contributed by atoms with Crippen LogP contribution in [0.4, 0.5) is 0 Å². The molecule has 1 aromatic heterocycles. The third-order valence-corrected chi connectivity index (χ3v) is 3.18. The van der Waals surface area contributed by atoms with E-state index in [0.717, 1.165) is 23.4 Å². The lowest BCUT2D eigenvalue weighted by Gasteiger charge is -2.14. The number of aromatic nitrogens is 2. The van der Waals surface area contributed by atoms with Crippen molar-refractivity contribution in [3.05, 3.63) is 23.0 Å². The van der Waals surface area contributed by atoms with Crippen molar-refractivity contribution in [1.82, 2.24) is 14.7 Å². The number of likely N-dealkylation sites (N-methyl/N-ethyl adjacent to an activating group) is 1. The second-order valence-corrected chi connectivity index (χ2v) is 4.65. The predicted molar refractivity (Wildman–Crippen MR) is 75.8 cm³/mol. The van der Waals surface area contributed by atoms with Gasteiger partial charge in [-0.3, -0.25) is 9.48 Å². The fraction of sp³-hybridized carbons (Fsp3) is 0.571. The molecule has 0 saturated carbocycles. The molecule has 0 bridgehead atoms. The third kappa shape index (κ3) is 4.21. The summed E-state index contributed by atoms with van der Waals surface area (Å²) < 4.78 is 6.79. The Morgan fingerprint density at radius 1 is 1.47 bits per heavy atom. The smallest absolute Gasteiger partial charge is 0.246 e. The summed E-state index contributed by atoms with van der Waals surface area (Å²) in [6.45, 7) is 5.30. The Morgan fingerprint density at radius 2 is 2.16 bits per heavy atom. The molecule has 0 aliphatic carbocycles. The molecule has 0 radical (unpaired) electrons. The van der Waals surface area contributed by atoms with E-state index >= 15 is 0 Å². The molecule has 1 amide bonds. The van der Waals surface area contributed by atoms with Crippen LogP contribution in [0.5, 0.6) is 0 Å². The van der Waals surface area contributed by atoms with Gasteiger partial charge in [0, 0.05) is 51.7 Å². The van der Waals surface area contributed by atoms with Crippen molar-refractivity contribution in [3.8, 4) is 0 Å². The minimum absolute atomic E-state index is 0.00115. The van der Waals surface area contributed by atoms with E-state index in [-0.39, 0.29) is 5.91 Å². The van der Waals surface area contributed by atoms with Gasteiger partial charge in [0.05, 0.1) is 5.69 Å². The number of carbonyl (C=O) groups is 1. The number of rotatable bonds is 6. The van der Waals surface area contributed by atoms with Crippen molar-refractivity contribution < 1.29 is 9.53 Å². The van der Waals surface area contributed by atoms with Gasteiger partial charge in [-0.25, -0.2) is 0 Å². The maximum Gasteiger partial charge on any atom is 0.246 e. The molecule has 106 valence electrons. The van der Waals surface area contributed by atoms with E-state index in [1.807, 2.05) is 31.7 Å². The summed E-state index contributed by atoms with van der Waals surface area (Å²) in [5.74, 6) is -0.00115. The van der Waals surface area contributed by atoms with Crippen LogP contribution < -0.4 is 0 Å². The van der Waals surface area contributed by atoms with Crippen LogP contribution in [0.1, 0.15) is 23.4 Å². The van der Waals surface area contributed by atoms with E-state index in [0.29, 0.717) is 13.2 Å². The van der Waals surface area contributed by atoms with Gasteiger partial charge >= 0.3 is 0 Å². The van der Waals surface area contributed by atoms with E-state index in [1.165, 1.54) is 0 Å².